The third-order valence-electron chi connectivity index (χ3n) is 4.29. The molecule has 0 unspecified atom stereocenters. The van der Waals surface area contributed by atoms with Crippen LogP contribution in [0.2, 0.25) is 5.28 Å². The Kier molecular flexibility index (Phi) is 4.74. The molecule has 3 heterocycles. The maximum absolute atomic E-state index is 13.2. The molecule has 0 atom stereocenters. The Morgan fingerprint density at radius 1 is 1.11 bits per heavy atom. The molecule has 28 heavy (non-hydrogen) atoms. The number of anilines is 1. The first kappa shape index (κ1) is 18.4. The van der Waals surface area contributed by atoms with Crippen molar-refractivity contribution in [1.82, 2.24) is 18.9 Å². The van der Waals surface area contributed by atoms with Crippen LogP contribution in [0.3, 0.4) is 0 Å². The lowest BCUT2D eigenvalue weighted by molar-refractivity contribution is 0.588. The first-order valence-corrected chi connectivity index (χ1v) is 10.4. The normalized spacial score (nSPS) is 11.6. The van der Waals surface area contributed by atoms with Crippen LogP contribution in [-0.2, 0) is 15.8 Å². The molecule has 7 nitrogen and oxygen atoms in total. The van der Waals surface area contributed by atoms with Crippen LogP contribution in [0.15, 0.2) is 61.1 Å². The van der Waals surface area contributed by atoms with E-state index in [0.29, 0.717) is 22.3 Å². The van der Waals surface area contributed by atoms with Crippen molar-refractivity contribution >= 4 is 38.5 Å². The number of rotatable bonds is 5. The zero-order valence-electron chi connectivity index (χ0n) is 14.9. The van der Waals surface area contributed by atoms with Gasteiger partial charge in [-0.25, -0.2) is 17.4 Å². The SMILES string of the molecule is CNc1nc(Cl)nc2c1c(-c1cccnc1)cn2S(=O)(=O)Cc1ccccc1. The van der Waals surface area contributed by atoms with Crippen molar-refractivity contribution in [3.63, 3.8) is 0 Å². The van der Waals surface area contributed by atoms with Crippen LogP contribution in [0.1, 0.15) is 5.56 Å². The van der Waals surface area contributed by atoms with Crippen LogP contribution in [0.5, 0.6) is 0 Å². The second kappa shape index (κ2) is 7.21. The van der Waals surface area contributed by atoms with E-state index in [1.54, 1.807) is 56.0 Å². The molecule has 0 aliphatic carbocycles. The average Bonchev–Trinajstić information content (AvgIpc) is 3.09. The van der Waals surface area contributed by atoms with E-state index in [-0.39, 0.29) is 16.7 Å². The van der Waals surface area contributed by atoms with Gasteiger partial charge in [0.1, 0.15) is 5.82 Å². The molecule has 4 rings (SSSR count). The predicted octanol–water partition coefficient (Wildman–Crippen LogP) is 3.57. The van der Waals surface area contributed by atoms with Crippen LogP contribution >= 0.6 is 11.6 Å². The number of hydrogen-bond acceptors (Lipinski definition) is 6. The molecule has 4 aromatic rings. The number of hydrogen-bond donors (Lipinski definition) is 1. The topological polar surface area (TPSA) is 89.8 Å². The minimum atomic E-state index is -3.75. The molecule has 0 amide bonds. The second-order valence-corrected chi connectivity index (χ2v) is 8.30. The summed E-state index contributed by atoms with van der Waals surface area (Å²) < 4.78 is 27.6. The van der Waals surface area contributed by atoms with Crippen LogP contribution < -0.4 is 5.32 Å². The lowest BCUT2D eigenvalue weighted by atomic mass is 10.1. The summed E-state index contributed by atoms with van der Waals surface area (Å²) in [5.74, 6) is 0.281. The van der Waals surface area contributed by atoms with Gasteiger partial charge in [0.25, 0.3) is 0 Å². The molecule has 1 aromatic carbocycles. The third-order valence-corrected chi connectivity index (χ3v) is 6.03. The summed E-state index contributed by atoms with van der Waals surface area (Å²) in [5.41, 5.74) is 2.31. The van der Waals surface area contributed by atoms with E-state index < -0.39 is 10.0 Å². The predicted molar refractivity (Wildman–Crippen MR) is 110 cm³/mol. The highest BCUT2D eigenvalue weighted by Gasteiger charge is 2.24. The molecule has 0 spiro atoms. The van der Waals surface area contributed by atoms with Crippen molar-refractivity contribution in [3.05, 3.63) is 71.9 Å². The minimum Gasteiger partial charge on any atom is -0.372 e. The van der Waals surface area contributed by atoms with E-state index in [4.69, 9.17) is 11.6 Å². The summed E-state index contributed by atoms with van der Waals surface area (Å²) in [7, 11) is -2.05. The van der Waals surface area contributed by atoms with Gasteiger partial charge in [-0.05, 0) is 23.2 Å². The summed E-state index contributed by atoms with van der Waals surface area (Å²) >= 11 is 6.06. The number of aromatic nitrogens is 4. The molecule has 9 heteroatoms. The van der Waals surface area contributed by atoms with Gasteiger partial charge in [-0.3, -0.25) is 4.98 Å². The van der Waals surface area contributed by atoms with E-state index in [9.17, 15) is 8.42 Å². The molecule has 142 valence electrons. The van der Waals surface area contributed by atoms with Gasteiger partial charge in [-0.2, -0.15) is 4.98 Å². The van der Waals surface area contributed by atoms with Crippen molar-refractivity contribution in [2.75, 3.05) is 12.4 Å². The zero-order chi connectivity index (χ0) is 19.7. The Balaban J connectivity index is 1.98. The van der Waals surface area contributed by atoms with Crippen LogP contribution in [0.4, 0.5) is 5.82 Å². The van der Waals surface area contributed by atoms with Crippen LogP contribution in [-0.4, -0.2) is 34.4 Å². The summed E-state index contributed by atoms with van der Waals surface area (Å²) in [6.07, 6.45) is 4.87. The molecule has 0 aliphatic rings. The van der Waals surface area contributed by atoms with E-state index in [2.05, 4.69) is 20.3 Å². The number of fused-ring (bicyclic) bond motifs is 1. The largest absolute Gasteiger partial charge is 0.372 e. The Morgan fingerprint density at radius 2 is 1.89 bits per heavy atom. The summed E-state index contributed by atoms with van der Waals surface area (Å²) in [4.78, 5) is 12.6. The molecule has 0 bridgehead atoms. The molecule has 1 N–H and O–H groups in total. The smallest absolute Gasteiger partial charge is 0.244 e. The maximum Gasteiger partial charge on any atom is 0.244 e. The van der Waals surface area contributed by atoms with Gasteiger partial charge >= 0.3 is 0 Å². The Bertz CT molecular complexity index is 1240. The van der Waals surface area contributed by atoms with E-state index in [0.717, 1.165) is 5.56 Å². The van der Waals surface area contributed by atoms with Gasteiger partial charge < -0.3 is 5.32 Å². The maximum atomic E-state index is 13.2. The highest BCUT2D eigenvalue weighted by atomic mass is 35.5. The molecule has 0 radical (unpaired) electrons. The van der Waals surface area contributed by atoms with Gasteiger partial charge in [0.2, 0.25) is 15.3 Å². The highest BCUT2D eigenvalue weighted by Crippen LogP contribution is 2.35. The van der Waals surface area contributed by atoms with Gasteiger partial charge in [0.05, 0.1) is 11.1 Å². The second-order valence-electron chi connectivity index (χ2n) is 6.11. The minimum absolute atomic E-state index is 0.0381. The van der Waals surface area contributed by atoms with Gasteiger partial charge in [-0.1, -0.05) is 36.4 Å². The number of pyridine rings is 1. The first-order valence-electron chi connectivity index (χ1n) is 8.43. The number of benzene rings is 1. The fourth-order valence-electron chi connectivity index (χ4n) is 3.06. The van der Waals surface area contributed by atoms with Crippen molar-refractivity contribution in [3.8, 4) is 11.1 Å². The highest BCUT2D eigenvalue weighted by molar-refractivity contribution is 7.89. The van der Waals surface area contributed by atoms with Crippen LogP contribution in [0.25, 0.3) is 22.2 Å². The summed E-state index contributed by atoms with van der Waals surface area (Å²) in [6, 6.07) is 12.6. The van der Waals surface area contributed by atoms with Crippen molar-refractivity contribution in [1.29, 1.82) is 0 Å². The fraction of sp³-hybridized carbons (Fsp3) is 0.105. The molecule has 0 saturated carbocycles. The van der Waals surface area contributed by atoms with E-state index >= 15 is 0 Å². The van der Waals surface area contributed by atoms with Gasteiger partial charge in [0.15, 0.2) is 5.65 Å². The lowest BCUT2D eigenvalue weighted by Gasteiger charge is -2.08. The molecular formula is C19H16ClN5O2S. The quantitative estimate of drug-likeness (QED) is 0.503. The number of nitrogens with zero attached hydrogens (tertiary/aromatic N) is 4. The zero-order valence-corrected chi connectivity index (χ0v) is 16.4. The first-order chi connectivity index (χ1) is 13.5. The lowest BCUT2D eigenvalue weighted by Crippen LogP contribution is -2.15. The summed E-state index contributed by atoms with van der Waals surface area (Å²) in [6.45, 7) is 0. The van der Waals surface area contributed by atoms with Crippen molar-refractivity contribution < 1.29 is 8.42 Å². The average molecular weight is 414 g/mol. The third kappa shape index (κ3) is 3.32. The monoisotopic (exact) mass is 413 g/mol. The Morgan fingerprint density at radius 3 is 2.57 bits per heavy atom. The van der Waals surface area contributed by atoms with E-state index in [1.165, 1.54) is 3.97 Å². The van der Waals surface area contributed by atoms with Crippen molar-refractivity contribution in [2.45, 2.75) is 5.75 Å². The van der Waals surface area contributed by atoms with Crippen molar-refractivity contribution in [2.24, 2.45) is 0 Å². The molecule has 0 fully saturated rings. The molecule has 3 aromatic heterocycles. The Hall–Kier alpha value is -2.97. The van der Waals surface area contributed by atoms with E-state index in [1.807, 2.05) is 12.1 Å². The fourth-order valence-corrected chi connectivity index (χ4v) is 4.64. The number of nitrogens with one attached hydrogen (secondary N) is 1. The Labute approximate surface area is 167 Å². The number of halogens is 1. The van der Waals surface area contributed by atoms with Gasteiger partial charge in [0, 0.05) is 36.8 Å². The standard InChI is InChI=1S/C19H16ClN5O2S/c1-21-17-16-15(14-8-5-9-22-10-14)11-25(18(16)24-19(20)23-17)28(26,27)12-13-6-3-2-4-7-13/h2-11H,12H2,1H3,(H,21,23,24). The summed E-state index contributed by atoms with van der Waals surface area (Å²) in [5, 5.41) is 3.50. The molecule has 0 aliphatic heterocycles. The van der Waals surface area contributed by atoms with Gasteiger partial charge in [-0.15, -0.1) is 0 Å². The van der Waals surface area contributed by atoms with Crippen LogP contribution in [0, 0.1) is 0 Å². The molecular weight excluding hydrogens is 398 g/mol. The molecule has 0 saturated heterocycles.